The summed E-state index contributed by atoms with van der Waals surface area (Å²) >= 11 is 0. The summed E-state index contributed by atoms with van der Waals surface area (Å²) < 4.78 is 13.2. The van der Waals surface area contributed by atoms with Crippen molar-refractivity contribution in [1.29, 1.82) is 0 Å². The molecule has 2 nitrogen and oxygen atoms in total. The molecule has 3 heteroatoms. The average molecular weight is 271 g/mol. The zero-order valence-corrected chi connectivity index (χ0v) is 11.3. The van der Waals surface area contributed by atoms with Crippen molar-refractivity contribution < 1.29 is 9.50 Å². The Labute approximate surface area is 118 Å². The predicted molar refractivity (Wildman–Crippen MR) is 76.0 cm³/mol. The molecule has 0 aliphatic heterocycles. The lowest BCUT2D eigenvalue weighted by Gasteiger charge is -2.28. The Morgan fingerprint density at radius 3 is 3.05 bits per heavy atom. The molecular weight excluding hydrogens is 253 g/mol. The summed E-state index contributed by atoms with van der Waals surface area (Å²) in [7, 11) is 0. The first-order valence-electron chi connectivity index (χ1n) is 7.10. The largest absolute Gasteiger partial charge is 0.392 e. The number of benzene rings is 1. The van der Waals surface area contributed by atoms with Gasteiger partial charge in [0.2, 0.25) is 0 Å². The Balaban J connectivity index is 1.80. The number of hydrogen-bond acceptors (Lipinski definition) is 2. The van der Waals surface area contributed by atoms with E-state index in [-0.39, 0.29) is 11.7 Å². The standard InChI is InChI=1S/C17H18FNO/c18-14-7-1-4-12(10-14)11-16(20)15-8-2-5-13-6-3-9-19-17(13)15/h1,3-4,6-7,9-10,15-16,20H,2,5,8,11H2. The van der Waals surface area contributed by atoms with Gasteiger partial charge in [-0.15, -0.1) is 0 Å². The highest BCUT2D eigenvalue weighted by atomic mass is 19.1. The summed E-state index contributed by atoms with van der Waals surface area (Å²) in [5.74, 6) is -0.194. The van der Waals surface area contributed by atoms with Crippen LogP contribution >= 0.6 is 0 Å². The summed E-state index contributed by atoms with van der Waals surface area (Å²) in [6, 6.07) is 10.5. The Kier molecular flexibility index (Phi) is 3.79. The number of hydrogen-bond donors (Lipinski definition) is 1. The van der Waals surface area contributed by atoms with Gasteiger partial charge in [-0.2, -0.15) is 0 Å². The first-order chi connectivity index (χ1) is 9.74. The second kappa shape index (κ2) is 5.71. The van der Waals surface area contributed by atoms with Crippen molar-refractivity contribution in [2.24, 2.45) is 0 Å². The Morgan fingerprint density at radius 2 is 2.20 bits per heavy atom. The normalized spacial score (nSPS) is 19.4. The molecule has 0 amide bonds. The summed E-state index contributed by atoms with van der Waals surface area (Å²) in [6.07, 6.45) is 4.80. The number of aliphatic hydroxyl groups excluding tert-OH is 1. The van der Waals surface area contributed by atoms with Crippen LogP contribution in [0.2, 0.25) is 0 Å². The van der Waals surface area contributed by atoms with E-state index in [0.29, 0.717) is 6.42 Å². The molecule has 1 aromatic heterocycles. The van der Waals surface area contributed by atoms with Gasteiger partial charge in [0.05, 0.1) is 6.10 Å². The summed E-state index contributed by atoms with van der Waals surface area (Å²) in [5, 5.41) is 10.5. The molecule has 0 radical (unpaired) electrons. The van der Waals surface area contributed by atoms with E-state index in [4.69, 9.17) is 0 Å². The van der Waals surface area contributed by atoms with Gasteiger partial charge in [0.1, 0.15) is 5.82 Å². The van der Waals surface area contributed by atoms with Crippen LogP contribution in [0.5, 0.6) is 0 Å². The number of aromatic nitrogens is 1. The van der Waals surface area contributed by atoms with Gasteiger partial charge in [0.15, 0.2) is 0 Å². The monoisotopic (exact) mass is 271 g/mol. The van der Waals surface area contributed by atoms with Crippen LogP contribution in [0.15, 0.2) is 42.6 Å². The van der Waals surface area contributed by atoms with Crippen molar-refractivity contribution in [2.45, 2.75) is 37.7 Å². The average Bonchev–Trinajstić information content (AvgIpc) is 2.46. The number of rotatable bonds is 3. The van der Waals surface area contributed by atoms with Crippen molar-refractivity contribution in [2.75, 3.05) is 0 Å². The number of halogens is 1. The predicted octanol–water partition coefficient (Wildman–Crippen LogP) is 3.24. The molecule has 20 heavy (non-hydrogen) atoms. The minimum absolute atomic E-state index is 0.0585. The van der Waals surface area contributed by atoms with Crippen LogP contribution in [0.4, 0.5) is 4.39 Å². The SMILES string of the molecule is OC(Cc1cccc(F)c1)C1CCCc2cccnc21. The summed E-state index contributed by atoms with van der Waals surface area (Å²) in [5.41, 5.74) is 3.09. The van der Waals surface area contributed by atoms with Crippen LogP contribution in [0, 0.1) is 5.82 Å². The first kappa shape index (κ1) is 13.3. The highest BCUT2D eigenvalue weighted by Crippen LogP contribution is 2.33. The lowest BCUT2D eigenvalue weighted by molar-refractivity contribution is 0.132. The smallest absolute Gasteiger partial charge is 0.123 e. The molecule has 2 atom stereocenters. The molecule has 1 heterocycles. The zero-order chi connectivity index (χ0) is 13.9. The second-order valence-electron chi connectivity index (χ2n) is 5.45. The van der Waals surface area contributed by atoms with E-state index in [2.05, 4.69) is 11.1 Å². The topological polar surface area (TPSA) is 33.1 Å². The van der Waals surface area contributed by atoms with E-state index >= 15 is 0 Å². The van der Waals surface area contributed by atoms with Crippen LogP contribution in [0.3, 0.4) is 0 Å². The van der Waals surface area contributed by atoms with Gasteiger partial charge in [-0.3, -0.25) is 4.98 Å². The van der Waals surface area contributed by atoms with Gasteiger partial charge in [0.25, 0.3) is 0 Å². The van der Waals surface area contributed by atoms with Crippen LogP contribution in [-0.4, -0.2) is 16.2 Å². The Bertz CT molecular complexity index is 599. The first-order valence-corrected chi connectivity index (χ1v) is 7.10. The molecule has 1 N–H and O–H groups in total. The molecule has 0 saturated heterocycles. The molecular formula is C17H18FNO. The van der Waals surface area contributed by atoms with E-state index < -0.39 is 6.10 Å². The van der Waals surface area contributed by atoms with Gasteiger partial charge < -0.3 is 5.11 Å². The lowest BCUT2D eigenvalue weighted by Crippen LogP contribution is -2.26. The van der Waals surface area contributed by atoms with Gasteiger partial charge in [-0.1, -0.05) is 18.2 Å². The molecule has 1 aromatic carbocycles. The maximum absolute atomic E-state index is 13.2. The van der Waals surface area contributed by atoms with Crippen molar-refractivity contribution in [3.8, 4) is 0 Å². The van der Waals surface area contributed by atoms with Crippen molar-refractivity contribution in [1.82, 2.24) is 4.98 Å². The van der Waals surface area contributed by atoms with E-state index in [1.807, 2.05) is 12.1 Å². The van der Waals surface area contributed by atoms with Crippen molar-refractivity contribution >= 4 is 0 Å². The number of pyridine rings is 1. The third kappa shape index (κ3) is 2.73. The van der Waals surface area contributed by atoms with Crippen LogP contribution < -0.4 is 0 Å². The summed E-state index contributed by atoms with van der Waals surface area (Å²) in [4.78, 5) is 4.45. The molecule has 1 aliphatic rings. The lowest BCUT2D eigenvalue weighted by atomic mass is 9.81. The van der Waals surface area contributed by atoms with Gasteiger partial charge in [0, 0.05) is 17.8 Å². The molecule has 3 rings (SSSR count). The minimum atomic E-state index is -0.509. The maximum atomic E-state index is 13.2. The quantitative estimate of drug-likeness (QED) is 0.929. The van der Waals surface area contributed by atoms with Gasteiger partial charge >= 0.3 is 0 Å². The van der Waals surface area contributed by atoms with E-state index in [1.54, 1.807) is 12.3 Å². The molecule has 0 fully saturated rings. The fourth-order valence-electron chi connectivity index (χ4n) is 3.07. The van der Waals surface area contributed by atoms with Gasteiger partial charge in [-0.05, 0) is 55.0 Å². The molecule has 2 unspecified atom stereocenters. The third-order valence-electron chi connectivity index (χ3n) is 4.04. The molecule has 0 bridgehead atoms. The molecule has 2 aromatic rings. The van der Waals surface area contributed by atoms with Crippen LogP contribution in [0.25, 0.3) is 0 Å². The van der Waals surface area contributed by atoms with Crippen LogP contribution in [0.1, 0.15) is 35.6 Å². The van der Waals surface area contributed by atoms with Crippen molar-refractivity contribution in [3.63, 3.8) is 0 Å². The number of fused-ring (bicyclic) bond motifs is 1. The van der Waals surface area contributed by atoms with Gasteiger partial charge in [-0.25, -0.2) is 4.39 Å². The van der Waals surface area contributed by atoms with E-state index in [9.17, 15) is 9.50 Å². The fourth-order valence-corrected chi connectivity index (χ4v) is 3.07. The highest BCUT2D eigenvalue weighted by molar-refractivity contribution is 5.28. The third-order valence-corrected chi connectivity index (χ3v) is 4.04. The second-order valence-corrected chi connectivity index (χ2v) is 5.45. The highest BCUT2D eigenvalue weighted by Gasteiger charge is 2.27. The fraction of sp³-hybridized carbons (Fsp3) is 0.353. The zero-order valence-electron chi connectivity index (χ0n) is 11.3. The van der Waals surface area contributed by atoms with Crippen molar-refractivity contribution in [3.05, 3.63) is 65.2 Å². The molecule has 0 spiro atoms. The van der Waals surface area contributed by atoms with E-state index in [0.717, 1.165) is 30.5 Å². The number of aryl methyl sites for hydroxylation is 1. The number of aliphatic hydroxyl groups is 1. The maximum Gasteiger partial charge on any atom is 0.123 e. The Hall–Kier alpha value is -1.74. The van der Waals surface area contributed by atoms with E-state index in [1.165, 1.54) is 17.7 Å². The summed E-state index contributed by atoms with van der Waals surface area (Å²) in [6.45, 7) is 0. The molecule has 104 valence electrons. The number of nitrogens with zero attached hydrogens (tertiary/aromatic N) is 1. The Morgan fingerprint density at radius 1 is 1.30 bits per heavy atom. The molecule has 1 aliphatic carbocycles. The van der Waals surface area contributed by atoms with Crippen LogP contribution in [-0.2, 0) is 12.8 Å². The molecule has 0 saturated carbocycles. The minimum Gasteiger partial charge on any atom is -0.392 e.